The highest BCUT2D eigenvalue weighted by atomic mass is 32.2. The first-order chi connectivity index (χ1) is 9.56. The molecule has 1 N–H and O–H groups in total. The van der Waals surface area contributed by atoms with Crippen molar-refractivity contribution in [3.05, 3.63) is 23.8 Å². The van der Waals surface area contributed by atoms with Crippen LogP contribution in [0.4, 0.5) is 0 Å². The van der Waals surface area contributed by atoms with Crippen LogP contribution < -0.4 is 0 Å². The van der Waals surface area contributed by atoms with Gasteiger partial charge in [0.1, 0.15) is 11.9 Å². The van der Waals surface area contributed by atoms with Crippen LogP contribution >= 0.6 is 11.8 Å². The monoisotopic (exact) mass is 296 g/mol. The Balaban J connectivity index is 1.88. The van der Waals surface area contributed by atoms with Gasteiger partial charge >= 0.3 is 11.9 Å². The average molecular weight is 296 g/mol. The van der Waals surface area contributed by atoms with E-state index in [2.05, 4.69) is 9.97 Å². The van der Waals surface area contributed by atoms with Gasteiger partial charge in [-0.15, -0.1) is 0 Å². The van der Waals surface area contributed by atoms with Crippen molar-refractivity contribution in [1.29, 1.82) is 0 Å². The van der Waals surface area contributed by atoms with Crippen molar-refractivity contribution in [1.82, 2.24) is 9.97 Å². The molecule has 0 bridgehead atoms. The summed E-state index contributed by atoms with van der Waals surface area (Å²) in [5.74, 6) is 0.117. The first-order valence-corrected chi connectivity index (χ1v) is 7.38. The highest BCUT2D eigenvalue weighted by Gasteiger charge is 2.44. The summed E-state index contributed by atoms with van der Waals surface area (Å²) in [6.07, 6.45) is 5.14. The van der Waals surface area contributed by atoms with Gasteiger partial charge in [0.2, 0.25) is 0 Å². The molecule has 0 aromatic carbocycles. The molecule has 0 unspecified atom stereocenters. The molecule has 1 heterocycles. The lowest BCUT2D eigenvalue weighted by Gasteiger charge is -2.13. The number of nitrogens with zero attached hydrogens (tertiary/aromatic N) is 2. The Kier molecular flexibility index (Phi) is 4.59. The summed E-state index contributed by atoms with van der Waals surface area (Å²) >= 11 is 1.60. The summed E-state index contributed by atoms with van der Waals surface area (Å²) in [5, 5.41) is 9.04. The predicted octanol–water partition coefficient (Wildman–Crippen LogP) is 1.75. The van der Waals surface area contributed by atoms with E-state index in [1.54, 1.807) is 11.8 Å². The quantitative estimate of drug-likeness (QED) is 0.767. The molecule has 1 aliphatic carbocycles. The number of thioether (sulfide) groups is 1. The largest absolute Gasteiger partial charge is 0.478 e. The lowest BCUT2D eigenvalue weighted by atomic mass is 10.1. The van der Waals surface area contributed by atoms with Gasteiger partial charge in [-0.3, -0.25) is 4.79 Å². The first-order valence-electron chi connectivity index (χ1n) is 6.23. The van der Waals surface area contributed by atoms with Crippen LogP contribution in [0.3, 0.4) is 0 Å². The van der Waals surface area contributed by atoms with E-state index in [1.165, 1.54) is 19.6 Å². The number of rotatable bonds is 7. The standard InChI is InChI=1S/C13H16N2O4S/c1-19-11(16)4-13(2-3-13)7-20-6-10-9(12(17)18)5-14-8-15-10/h5,8H,2-4,6-7H2,1H3,(H,17,18). The zero-order valence-electron chi connectivity index (χ0n) is 11.2. The Bertz CT molecular complexity index is 517. The summed E-state index contributed by atoms with van der Waals surface area (Å²) in [7, 11) is 1.39. The summed E-state index contributed by atoms with van der Waals surface area (Å²) in [5.41, 5.74) is 0.693. The second kappa shape index (κ2) is 6.21. The van der Waals surface area contributed by atoms with Gasteiger partial charge in [0.15, 0.2) is 0 Å². The van der Waals surface area contributed by atoms with Crippen LogP contribution in [0.25, 0.3) is 0 Å². The number of carboxylic acids is 1. The minimum atomic E-state index is -1.02. The van der Waals surface area contributed by atoms with Gasteiger partial charge < -0.3 is 9.84 Å². The van der Waals surface area contributed by atoms with E-state index in [1.807, 2.05) is 0 Å². The van der Waals surface area contributed by atoms with Gasteiger partial charge in [0.05, 0.1) is 19.2 Å². The SMILES string of the molecule is COC(=O)CC1(CSCc2ncncc2C(=O)O)CC1. The van der Waals surface area contributed by atoms with Crippen molar-refractivity contribution >= 4 is 23.7 Å². The van der Waals surface area contributed by atoms with E-state index in [4.69, 9.17) is 9.84 Å². The van der Waals surface area contributed by atoms with Gasteiger partial charge in [-0.05, 0) is 24.0 Å². The zero-order chi connectivity index (χ0) is 14.6. The fourth-order valence-corrected chi connectivity index (χ4v) is 3.29. The number of aromatic nitrogens is 2. The van der Waals surface area contributed by atoms with Gasteiger partial charge in [-0.2, -0.15) is 11.8 Å². The fraction of sp³-hybridized carbons (Fsp3) is 0.538. The van der Waals surface area contributed by atoms with Gasteiger partial charge in [-0.1, -0.05) is 0 Å². The molecule has 1 aliphatic rings. The highest BCUT2D eigenvalue weighted by Crippen LogP contribution is 2.51. The van der Waals surface area contributed by atoms with Crippen LogP contribution in [-0.4, -0.2) is 39.9 Å². The molecule has 0 amide bonds. The van der Waals surface area contributed by atoms with Crippen molar-refractivity contribution < 1.29 is 19.4 Å². The van der Waals surface area contributed by atoms with Crippen LogP contribution in [0, 0.1) is 5.41 Å². The molecule has 1 fully saturated rings. The fourth-order valence-electron chi connectivity index (χ4n) is 1.94. The normalized spacial score (nSPS) is 15.7. The molecule has 0 atom stereocenters. The summed E-state index contributed by atoms with van der Waals surface area (Å²) in [6, 6.07) is 0. The van der Waals surface area contributed by atoms with E-state index >= 15 is 0 Å². The number of carboxylic acid groups (broad SMARTS) is 1. The number of aromatic carboxylic acids is 1. The van der Waals surface area contributed by atoms with Crippen molar-refractivity contribution in [2.24, 2.45) is 5.41 Å². The summed E-state index contributed by atoms with van der Waals surface area (Å²) in [6.45, 7) is 0. The maximum atomic E-state index is 11.3. The van der Waals surface area contributed by atoms with Crippen LogP contribution in [-0.2, 0) is 15.3 Å². The molecular weight excluding hydrogens is 280 g/mol. The number of ether oxygens (including phenoxy) is 1. The van der Waals surface area contributed by atoms with Crippen LogP contribution in [0.5, 0.6) is 0 Å². The van der Waals surface area contributed by atoms with Gasteiger partial charge in [-0.25, -0.2) is 14.8 Å². The molecule has 0 radical (unpaired) electrons. The van der Waals surface area contributed by atoms with E-state index in [0.29, 0.717) is 17.9 Å². The molecule has 0 spiro atoms. The van der Waals surface area contributed by atoms with Crippen LogP contribution in [0.15, 0.2) is 12.5 Å². The Morgan fingerprint density at radius 3 is 2.85 bits per heavy atom. The molecule has 0 saturated heterocycles. The third kappa shape index (κ3) is 3.69. The van der Waals surface area contributed by atoms with E-state index < -0.39 is 5.97 Å². The van der Waals surface area contributed by atoms with E-state index in [-0.39, 0.29) is 16.9 Å². The molecule has 7 heteroatoms. The molecule has 0 aliphatic heterocycles. The lowest BCUT2D eigenvalue weighted by molar-refractivity contribution is -0.141. The maximum Gasteiger partial charge on any atom is 0.339 e. The van der Waals surface area contributed by atoms with Gasteiger partial charge in [0.25, 0.3) is 0 Å². The molecule has 6 nitrogen and oxygen atoms in total. The third-order valence-electron chi connectivity index (χ3n) is 3.38. The first kappa shape index (κ1) is 14.8. The molecule has 108 valence electrons. The number of methoxy groups -OCH3 is 1. The lowest BCUT2D eigenvalue weighted by Crippen LogP contribution is -2.13. The Morgan fingerprint density at radius 1 is 1.50 bits per heavy atom. The van der Waals surface area contributed by atoms with E-state index in [0.717, 1.165) is 18.6 Å². The molecule has 1 aromatic heterocycles. The van der Waals surface area contributed by atoms with E-state index in [9.17, 15) is 9.59 Å². The average Bonchev–Trinajstić information content (AvgIpc) is 3.18. The second-order valence-electron chi connectivity index (χ2n) is 4.93. The number of carbonyl (C=O) groups is 2. The van der Waals surface area contributed by atoms with Crippen molar-refractivity contribution in [2.75, 3.05) is 12.9 Å². The van der Waals surface area contributed by atoms with Crippen LogP contribution in [0.2, 0.25) is 0 Å². The summed E-state index contributed by atoms with van der Waals surface area (Å²) < 4.78 is 4.69. The Labute approximate surface area is 121 Å². The molecule has 20 heavy (non-hydrogen) atoms. The number of esters is 1. The number of hydrogen-bond donors (Lipinski definition) is 1. The number of carbonyl (C=O) groups excluding carboxylic acids is 1. The minimum absolute atomic E-state index is 0.0359. The molecule has 2 rings (SSSR count). The summed E-state index contributed by atoms with van der Waals surface area (Å²) in [4.78, 5) is 30.1. The Morgan fingerprint density at radius 2 is 2.25 bits per heavy atom. The molecule has 1 saturated carbocycles. The van der Waals surface area contributed by atoms with Crippen molar-refractivity contribution in [3.63, 3.8) is 0 Å². The van der Waals surface area contributed by atoms with Crippen molar-refractivity contribution in [3.8, 4) is 0 Å². The molecular formula is C13H16N2O4S. The number of hydrogen-bond acceptors (Lipinski definition) is 6. The predicted molar refractivity (Wildman–Crippen MR) is 73.5 cm³/mol. The van der Waals surface area contributed by atoms with Gasteiger partial charge in [0, 0.05) is 11.9 Å². The smallest absolute Gasteiger partial charge is 0.339 e. The topological polar surface area (TPSA) is 89.4 Å². The minimum Gasteiger partial charge on any atom is -0.478 e. The highest BCUT2D eigenvalue weighted by molar-refractivity contribution is 7.98. The van der Waals surface area contributed by atoms with Crippen LogP contribution in [0.1, 0.15) is 35.3 Å². The Hall–Kier alpha value is -1.63. The second-order valence-corrected chi connectivity index (χ2v) is 5.92. The zero-order valence-corrected chi connectivity index (χ0v) is 12.0. The third-order valence-corrected chi connectivity index (χ3v) is 4.67. The maximum absolute atomic E-state index is 11.3. The molecule has 1 aromatic rings. The van der Waals surface area contributed by atoms with Crippen molar-refractivity contribution in [2.45, 2.75) is 25.0 Å².